The summed E-state index contributed by atoms with van der Waals surface area (Å²) in [5, 5.41) is 3.46. The molecule has 0 spiro atoms. The Morgan fingerprint density at radius 1 is 1.03 bits per heavy atom. The Balaban J connectivity index is 1.27. The molecule has 1 aliphatic rings. The van der Waals surface area contributed by atoms with Crippen LogP contribution in [0.1, 0.15) is 18.7 Å². The molecule has 0 bridgehead atoms. The molecule has 33 heavy (non-hydrogen) atoms. The second-order valence-electron chi connectivity index (χ2n) is 7.76. The lowest BCUT2D eigenvalue weighted by molar-refractivity contribution is -0.131. The molecule has 1 aromatic heterocycles. The summed E-state index contributed by atoms with van der Waals surface area (Å²) >= 11 is 5.88. The van der Waals surface area contributed by atoms with Gasteiger partial charge in [-0.15, -0.1) is 0 Å². The van der Waals surface area contributed by atoms with Gasteiger partial charge in [0.05, 0.1) is 11.8 Å². The van der Waals surface area contributed by atoms with Crippen molar-refractivity contribution in [1.82, 2.24) is 14.8 Å². The van der Waals surface area contributed by atoms with Crippen molar-refractivity contribution in [3.63, 3.8) is 0 Å². The van der Waals surface area contributed by atoms with Crippen LogP contribution < -0.4 is 5.32 Å². The number of anilines is 1. The number of carbonyl (C=O) groups is 2. The number of carbonyl (C=O) groups excluding carboxylic acids is 2. The molecule has 1 N–H and O–H groups in total. The molecule has 3 amide bonds. The number of amides is 3. The lowest BCUT2D eigenvalue weighted by Gasteiger charge is -2.22. The molecular formula is C24H24ClFN4O3. The van der Waals surface area contributed by atoms with Gasteiger partial charge in [0.25, 0.3) is 0 Å². The molecule has 0 radical (unpaired) electrons. The Morgan fingerprint density at radius 3 is 2.55 bits per heavy atom. The smallest absolute Gasteiger partial charge is 0.321 e. The van der Waals surface area contributed by atoms with Crippen molar-refractivity contribution in [1.29, 1.82) is 0 Å². The molecule has 1 aliphatic heterocycles. The quantitative estimate of drug-likeness (QED) is 0.579. The van der Waals surface area contributed by atoms with Crippen molar-refractivity contribution in [3.8, 4) is 11.3 Å². The topological polar surface area (TPSA) is 78.7 Å². The zero-order valence-electron chi connectivity index (χ0n) is 18.0. The summed E-state index contributed by atoms with van der Waals surface area (Å²) in [6.07, 6.45) is 2.72. The van der Waals surface area contributed by atoms with Crippen LogP contribution in [0.4, 0.5) is 14.9 Å². The fourth-order valence-electron chi connectivity index (χ4n) is 3.69. The van der Waals surface area contributed by atoms with E-state index in [1.807, 2.05) is 0 Å². The Bertz CT molecular complexity index is 1120. The van der Waals surface area contributed by atoms with E-state index in [9.17, 15) is 14.0 Å². The van der Waals surface area contributed by atoms with Gasteiger partial charge in [-0.3, -0.25) is 4.79 Å². The second kappa shape index (κ2) is 10.5. The fraction of sp³-hybridized carbons (Fsp3) is 0.292. The molecular weight excluding hydrogens is 447 g/mol. The third-order valence-corrected chi connectivity index (χ3v) is 5.73. The normalized spacial score (nSPS) is 14.1. The number of nitrogens with zero attached hydrogens (tertiary/aromatic N) is 3. The number of aromatic nitrogens is 1. The van der Waals surface area contributed by atoms with E-state index >= 15 is 0 Å². The number of hydrogen-bond donors (Lipinski definition) is 1. The average molecular weight is 471 g/mol. The van der Waals surface area contributed by atoms with E-state index in [0.717, 1.165) is 0 Å². The van der Waals surface area contributed by atoms with Gasteiger partial charge in [0, 0.05) is 49.7 Å². The molecule has 0 saturated carbocycles. The van der Waals surface area contributed by atoms with Gasteiger partial charge in [-0.2, -0.15) is 0 Å². The third-order valence-electron chi connectivity index (χ3n) is 5.48. The summed E-state index contributed by atoms with van der Waals surface area (Å²) in [7, 11) is 0. The molecule has 3 aromatic rings. The molecule has 1 fully saturated rings. The Hall–Kier alpha value is -3.39. The van der Waals surface area contributed by atoms with Crippen LogP contribution in [0.3, 0.4) is 0 Å². The molecule has 0 aliphatic carbocycles. The highest BCUT2D eigenvalue weighted by Gasteiger charge is 2.22. The number of benzene rings is 2. The summed E-state index contributed by atoms with van der Waals surface area (Å²) in [6, 6.07) is 13.0. The van der Waals surface area contributed by atoms with Gasteiger partial charge in [0.15, 0.2) is 11.7 Å². The zero-order chi connectivity index (χ0) is 23.2. The number of aryl methyl sites for hydroxylation is 1. The molecule has 2 aromatic carbocycles. The predicted octanol–water partition coefficient (Wildman–Crippen LogP) is 4.83. The number of hydrogen-bond acceptors (Lipinski definition) is 4. The summed E-state index contributed by atoms with van der Waals surface area (Å²) in [4.78, 5) is 32.9. The Kier molecular flexibility index (Phi) is 7.24. The SMILES string of the molecule is O=C(CCc1ncc(-c2ccccc2F)o1)N1CCCN(C(=O)Nc2ccc(Cl)cc2)CC1. The van der Waals surface area contributed by atoms with E-state index in [0.29, 0.717) is 66.9 Å². The highest BCUT2D eigenvalue weighted by atomic mass is 35.5. The van der Waals surface area contributed by atoms with Gasteiger partial charge >= 0.3 is 6.03 Å². The average Bonchev–Trinajstić information content (AvgIpc) is 3.14. The first kappa shape index (κ1) is 22.8. The summed E-state index contributed by atoms with van der Waals surface area (Å²) in [5.41, 5.74) is 1.01. The van der Waals surface area contributed by atoms with Gasteiger partial charge in [-0.05, 0) is 42.8 Å². The molecule has 9 heteroatoms. The number of rotatable bonds is 5. The molecule has 4 rings (SSSR count). The number of urea groups is 1. The number of halogens is 2. The van der Waals surface area contributed by atoms with Crippen molar-refractivity contribution in [2.24, 2.45) is 0 Å². The predicted molar refractivity (Wildman–Crippen MR) is 123 cm³/mol. The van der Waals surface area contributed by atoms with Crippen molar-refractivity contribution >= 4 is 29.2 Å². The van der Waals surface area contributed by atoms with Crippen LogP contribution in [0.25, 0.3) is 11.3 Å². The summed E-state index contributed by atoms with van der Waals surface area (Å²) < 4.78 is 19.6. The van der Waals surface area contributed by atoms with Crippen LogP contribution in [0, 0.1) is 5.82 Å². The van der Waals surface area contributed by atoms with Crippen molar-refractivity contribution in [2.45, 2.75) is 19.3 Å². The number of nitrogens with one attached hydrogen (secondary N) is 1. The van der Waals surface area contributed by atoms with Crippen LogP contribution in [-0.2, 0) is 11.2 Å². The van der Waals surface area contributed by atoms with E-state index in [4.69, 9.17) is 16.0 Å². The van der Waals surface area contributed by atoms with E-state index in [-0.39, 0.29) is 24.2 Å². The molecule has 1 saturated heterocycles. The van der Waals surface area contributed by atoms with Gasteiger partial charge < -0.3 is 19.5 Å². The minimum absolute atomic E-state index is 0.0272. The number of oxazole rings is 1. The molecule has 172 valence electrons. The third kappa shape index (κ3) is 5.90. The van der Waals surface area contributed by atoms with Crippen molar-refractivity contribution in [2.75, 3.05) is 31.5 Å². The van der Waals surface area contributed by atoms with E-state index in [2.05, 4.69) is 10.3 Å². The van der Waals surface area contributed by atoms with Gasteiger partial charge in [-0.1, -0.05) is 23.7 Å². The first-order valence-corrected chi connectivity index (χ1v) is 11.2. The lowest BCUT2D eigenvalue weighted by atomic mass is 10.2. The molecule has 7 nitrogen and oxygen atoms in total. The maximum Gasteiger partial charge on any atom is 0.321 e. The van der Waals surface area contributed by atoms with Crippen LogP contribution in [-0.4, -0.2) is 52.9 Å². The maximum atomic E-state index is 13.9. The van der Waals surface area contributed by atoms with Gasteiger partial charge in [0.2, 0.25) is 5.91 Å². The molecule has 0 atom stereocenters. The minimum atomic E-state index is -0.384. The van der Waals surface area contributed by atoms with Crippen LogP contribution in [0.15, 0.2) is 59.1 Å². The highest BCUT2D eigenvalue weighted by Crippen LogP contribution is 2.23. The van der Waals surface area contributed by atoms with Crippen LogP contribution in [0.2, 0.25) is 5.02 Å². The Labute approximate surface area is 196 Å². The van der Waals surface area contributed by atoms with Gasteiger partial charge in [0.1, 0.15) is 5.82 Å². The zero-order valence-corrected chi connectivity index (χ0v) is 18.7. The fourth-order valence-corrected chi connectivity index (χ4v) is 3.82. The largest absolute Gasteiger partial charge is 0.441 e. The molecule has 0 unspecified atom stereocenters. The van der Waals surface area contributed by atoms with Crippen LogP contribution >= 0.6 is 11.6 Å². The lowest BCUT2D eigenvalue weighted by Crippen LogP contribution is -2.39. The first-order chi connectivity index (χ1) is 16.0. The summed E-state index contributed by atoms with van der Waals surface area (Å²) in [5.74, 6) is 0.319. The first-order valence-electron chi connectivity index (χ1n) is 10.8. The summed E-state index contributed by atoms with van der Waals surface area (Å²) in [6.45, 7) is 2.05. The van der Waals surface area contributed by atoms with E-state index < -0.39 is 0 Å². The van der Waals surface area contributed by atoms with E-state index in [1.165, 1.54) is 12.3 Å². The Morgan fingerprint density at radius 2 is 1.76 bits per heavy atom. The van der Waals surface area contributed by atoms with E-state index in [1.54, 1.807) is 52.3 Å². The van der Waals surface area contributed by atoms with Crippen LogP contribution in [0.5, 0.6) is 0 Å². The monoisotopic (exact) mass is 470 g/mol. The second-order valence-corrected chi connectivity index (χ2v) is 8.19. The van der Waals surface area contributed by atoms with Crippen molar-refractivity contribution < 1.29 is 18.4 Å². The van der Waals surface area contributed by atoms with Crippen molar-refractivity contribution in [3.05, 3.63) is 71.5 Å². The minimum Gasteiger partial charge on any atom is -0.441 e. The standard InChI is InChI=1S/C24H24ClFN4O3/c25-17-6-8-18(9-7-17)28-24(32)30-13-3-12-29(14-15-30)23(31)11-10-22-27-16-21(33-22)19-4-1-2-5-20(19)26/h1-2,4-9,16H,3,10-15H2,(H,28,32). The molecule has 2 heterocycles. The maximum absolute atomic E-state index is 13.9. The van der Waals surface area contributed by atoms with Gasteiger partial charge in [-0.25, -0.2) is 14.2 Å². The highest BCUT2D eigenvalue weighted by molar-refractivity contribution is 6.30.